The van der Waals surface area contributed by atoms with E-state index in [1.54, 1.807) is 4.90 Å². The summed E-state index contributed by atoms with van der Waals surface area (Å²) in [4.78, 5) is 27.4. The van der Waals surface area contributed by atoms with Crippen LogP contribution in [0.1, 0.15) is 36.9 Å². The average molecular weight is 488 g/mol. The molecule has 1 amide bonds. The highest BCUT2D eigenvalue weighted by atomic mass is 19.4. The van der Waals surface area contributed by atoms with Crippen LogP contribution in [0.25, 0.3) is 0 Å². The summed E-state index contributed by atoms with van der Waals surface area (Å²) in [6, 6.07) is 3.19. The third kappa shape index (κ3) is 5.33. The van der Waals surface area contributed by atoms with Crippen molar-refractivity contribution in [3.05, 3.63) is 35.7 Å². The lowest BCUT2D eigenvalue weighted by atomic mass is 10.0. The first-order chi connectivity index (χ1) is 15.9. The second-order valence-electron chi connectivity index (χ2n) is 8.45. The van der Waals surface area contributed by atoms with E-state index in [4.69, 9.17) is 0 Å². The van der Waals surface area contributed by atoms with Gasteiger partial charge in [0.15, 0.2) is 0 Å². The number of aromatic nitrogens is 3. The topological polar surface area (TPSA) is 74.2 Å². The zero-order chi connectivity index (χ0) is 24.7. The predicted octanol–water partition coefficient (Wildman–Crippen LogP) is 4.36. The number of carbonyl (C=O) groups is 1. The highest BCUT2D eigenvalue weighted by molar-refractivity contribution is 5.73. The quantitative estimate of drug-likeness (QED) is 0.645. The van der Waals surface area contributed by atoms with Crippen LogP contribution in [0.5, 0.6) is 0 Å². The maximum atomic E-state index is 13.2. The van der Waals surface area contributed by atoms with E-state index in [2.05, 4.69) is 20.3 Å². The van der Waals surface area contributed by atoms with Gasteiger partial charge < -0.3 is 15.1 Å². The van der Waals surface area contributed by atoms with Gasteiger partial charge >= 0.3 is 12.4 Å². The van der Waals surface area contributed by atoms with Gasteiger partial charge in [0, 0.05) is 51.3 Å². The molecule has 0 saturated carbocycles. The Balaban J connectivity index is 1.65. The minimum absolute atomic E-state index is 0.0556. The first-order valence-electron chi connectivity index (χ1n) is 10.7. The van der Waals surface area contributed by atoms with Crippen LogP contribution in [0.2, 0.25) is 0 Å². The summed E-state index contributed by atoms with van der Waals surface area (Å²) >= 11 is 0. The number of rotatable bonds is 4. The van der Waals surface area contributed by atoms with E-state index in [0.29, 0.717) is 25.2 Å². The number of hydrogen-bond donors (Lipinski definition) is 1. The Kier molecular flexibility index (Phi) is 6.30. The van der Waals surface area contributed by atoms with Crippen LogP contribution in [0.4, 0.5) is 43.9 Å². The van der Waals surface area contributed by atoms with E-state index in [9.17, 15) is 31.1 Å². The van der Waals surface area contributed by atoms with Gasteiger partial charge in [-0.15, -0.1) is 0 Å². The van der Waals surface area contributed by atoms with Crippen LogP contribution in [-0.4, -0.2) is 58.1 Å². The number of alkyl halides is 6. The van der Waals surface area contributed by atoms with Gasteiger partial charge in [-0.3, -0.25) is 4.79 Å². The number of anilines is 3. The van der Waals surface area contributed by atoms with Crippen LogP contribution in [0, 0.1) is 5.92 Å². The Morgan fingerprint density at radius 2 is 1.79 bits per heavy atom. The van der Waals surface area contributed by atoms with Crippen molar-refractivity contribution < 1.29 is 31.1 Å². The monoisotopic (exact) mass is 488 g/mol. The fourth-order valence-corrected chi connectivity index (χ4v) is 4.17. The highest BCUT2D eigenvalue weighted by Gasteiger charge is 2.44. The molecule has 2 aliphatic rings. The fraction of sp³-hybridized carbons (Fsp3) is 0.524. The lowest BCUT2D eigenvalue weighted by molar-refractivity contribution is -0.168. The Morgan fingerprint density at radius 1 is 1.03 bits per heavy atom. The molecule has 13 heteroatoms. The average Bonchev–Trinajstić information content (AvgIpc) is 3.43. The van der Waals surface area contributed by atoms with Crippen LogP contribution in [0.3, 0.4) is 0 Å². The second kappa shape index (κ2) is 8.91. The first-order valence-corrected chi connectivity index (χ1v) is 10.7. The number of halogens is 6. The van der Waals surface area contributed by atoms with Crippen molar-refractivity contribution in [3.63, 3.8) is 0 Å². The van der Waals surface area contributed by atoms with Gasteiger partial charge in [-0.2, -0.15) is 31.3 Å². The predicted molar refractivity (Wildman–Crippen MR) is 111 cm³/mol. The molecule has 0 bridgehead atoms. The molecular weight excluding hydrogens is 466 g/mol. The van der Waals surface area contributed by atoms with Crippen LogP contribution in [-0.2, 0) is 11.0 Å². The summed E-state index contributed by atoms with van der Waals surface area (Å²) in [6.07, 6.45) is -7.41. The van der Waals surface area contributed by atoms with E-state index >= 15 is 0 Å². The number of pyridine rings is 1. The Bertz CT molecular complexity index is 1060. The summed E-state index contributed by atoms with van der Waals surface area (Å²) < 4.78 is 78.7. The largest absolute Gasteiger partial charge is 0.416 e. The third-order valence-electron chi connectivity index (χ3n) is 6.06. The number of nitrogens with one attached hydrogen (secondary N) is 1. The Labute approximate surface area is 191 Å². The van der Waals surface area contributed by atoms with Gasteiger partial charge in [-0.1, -0.05) is 0 Å². The van der Waals surface area contributed by atoms with E-state index in [-0.39, 0.29) is 48.9 Å². The molecule has 34 heavy (non-hydrogen) atoms. The van der Waals surface area contributed by atoms with Gasteiger partial charge in [0.1, 0.15) is 11.6 Å². The molecule has 1 N–H and O–H groups in total. The molecule has 7 nitrogen and oxygen atoms in total. The molecule has 0 aliphatic carbocycles. The third-order valence-corrected chi connectivity index (χ3v) is 6.06. The number of hydrogen-bond acceptors (Lipinski definition) is 6. The summed E-state index contributed by atoms with van der Waals surface area (Å²) in [5.41, 5.74) is -0.404. The number of carbonyl (C=O) groups excluding carboxylic acids is 1. The molecule has 2 atom stereocenters. The van der Waals surface area contributed by atoms with Gasteiger partial charge in [0.2, 0.25) is 11.9 Å². The lowest BCUT2D eigenvalue weighted by Gasteiger charge is -2.21. The van der Waals surface area contributed by atoms with Crippen LogP contribution in [0.15, 0.2) is 24.4 Å². The van der Waals surface area contributed by atoms with Gasteiger partial charge in [0.25, 0.3) is 0 Å². The van der Waals surface area contributed by atoms with E-state index in [1.165, 1.54) is 17.9 Å². The van der Waals surface area contributed by atoms with Crippen molar-refractivity contribution >= 4 is 23.5 Å². The Hall–Kier alpha value is -3.12. The molecule has 2 saturated heterocycles. The molecule has 184 valence electrons. The molecule has 4 heterocycles. The fourth-order valence-electron chi connectivity index (χ4n) is 4.17. The van der Waals surface area contributed by atoms with E-state index < -0.39 is 23.8 Å². The van der Waals surface area contributed by atoms with Crippen molar-refractivity contribution in [3.8, 4) is 0 Å². The standard InChI is InChI=1S/C21H22F6N6O/c1-12(34)32-6-3-13(10-32)16-9-18(30-17-8-14(2-5-28-17)20(22,23)24)31-19(29-16)33-7-4-15(11-33)21(25,26)27/h2,5,8-9,13,15H,3-4,6-7,10-11H2,1H3,(H,28,29,30,31). The van der Waals surface area contributed by atoms with E-state index in [0.717, 1.165) is 18.3 Å². The molecule has 0 radical (unpaired) electrons. The number of nitrogens with zero attached hydrogens (tertiary/aromatic N) is 5. The molecule has 2 aromatic rings. The molecule has 0 spiro atoms. The molecular formula is C21H22F6N6O. The second-order valence-corrected chi connectivity index (χ2v) is 8.45. The van der Waals surface area contributed by atoms with E-state index in [1.807, 2.05) is 0 Å². The molecule has 2 fully saturated rings. The normalized spacial score (nSPS) is 21.3. The van der Waals surface area contributed by atoms with Crippen molar-refractivity contribution in [2.45, 2.75) is 38.0 Å². The van der Waals surface area contributed by atoms with Crippen molar-refractivity contribution in [1.29, 1.82) is 0 Å². The van der Waals surface area contributed by atoms with Crippen molar-refractivity contribution in [2.24, 2.45) is 5.92 Å². The molecule has 4 rings (SSSR count). The van der Waals surface area contributed by atoms with Crippen LogP contribution >= 0.6 is 0 Å². The minimum atomic E-state index is -4.57. The molecule has 0 aromatic carbocycles. The summed E-state index contributed by atoms with van der Waals surface area (Å²) in [5.74, 6) is -1.74. The smallest absolute Gasteiger partial charge is 0.342 e. The molecule has 2 aliphatic heterocycles. The lowest BCUT2D eigenvalue weighted by Crippen LogP contribution is -2.29. The SMILES string of the molecule is CC(=O)N1CCC(c2cc(Nc3cc(C(F)(F)F)ccn3)nc(N3CCC(C(F)(F)F)C3)n2)C1. The van der Waals surface area contributed by atoms with Crippen molar-refractivity contribution in [2.75, 3.05) is 36.4 Å². The zero-order valence-electron chi connectivity index (χ0n) is 18.1. The zero-order valence-corrected chi connectivity index (χ0v) is 18.1. The number of likely N-dealkylation sites (tertiary alicyclic amines) is 1. The maximum Gasteiger partial charge on any atom is 0.416 e. The summed E-state index contributed by atoms with van der Waals surface area (Å²) in [7, 11) is 0. The molecule has 2 aromatic heterocycles. The highest BCUT2D eigenvalue weighted by Crippen LogP contribution is 2.36. The maximum absolute atomic E-state index is 13.2. The summed E-state index contributed by atoms with van der Waals surface area (Å²) in [5, 5.41) is 2.73. The first kappa shape index (κ1) is 24.0. The van der Waals surface area contributed by atoms with Gasteiger partial charge in [-0.25, -0.2) is 9.97 Å². The molecule has 2 unspecified atom stereocenters. The summed E-state index contributed by atoms with van der Waals surface area (Å²) in [6.45, 7) is 2.13. The van der Waals surface area contributed by atoms with Gasteiger partial charge in [0.05, 0.1) is 17.2 Å². The Morgan fingerprint density at radius 3 is 2.41 bits per heavy atom. The minimum Gasteiger partial charge on any atom is -0.342 e. The van der Waals surface area contributed by atoms with Crippen molar-refractivity contribution in [1.82, 2.24) is 19.9 Å². The van der Waals surface area contributed by atoms with Crippen LogP contribution < -0.4 is 10.2 Å². The van der Waals surface area contributed by atoms with Gasteiger partial charge in [-0.05, 0) is 25.0 Å². The number of amides is 1.